The van der Waals surface area contributed by atoms with Crippen molar-refractivity contribution < 1.29 is 4.74 Å². The smallest absolute Gasteiger partial charge is 0.110 e. The van der Waals surface area contributed by atoms with Gasteiger partial charge in [0.25, 0.3) is 0 Å². The van der Waals surface area contributed by atoms with Crippen LogP contribution in [-0.4, -0.2) is 30.8 Å². The summed E-state index contributed by atoms with van der Waals surface area (Å²) in [5.74, 6) is 0. The Hall–Kier alpha value is -0.850. The zero-order valence-corrected chi connectivity index (χ0v) is 8.83. The Balaban J connectivity index is 2.07. The van der Waals surface area contributed by atoms with Gasteiger partial charge >= 0.3 is 0 Å². The number of hydrogen-bond donors (Lipinski definition) is 0. The van der Waals surface area contributed by atoms with E-state index in [0.29, 0.717) is 6.73 Å². The molecule has 0 N–H and O–H groups in total. The van der Waals surface area contributed by atoms with Gasteiger partial charge in [0.2, 0.25) is 0 Å². The minimum atomic E-state index is -0.210. The third kappa shape index (κ3) is 2.83. The lowest BCUT2D eigenvalue weighted by molar-refractivity contribution is 0.0250. The van der Waals surface area contributed by atoms with Crippen molar-refractivity contribution in [1.29, 1.82) is 5.26 Å². The van der Waals surface area contributed by atoms with E-state index in [2.05, 4.69) is 12.6 Å². The predicted octanol–water partition coefficient (Wildman–Crippen LogP) is 1.91. The van der Waals surface area contributed by atoms with E-state index >= 15 is 0 Å². The monoisotopic (exact) mass is 194 g/mol. The number of nitriles is 1. The van der Waals surface area contributed by atoms with Gasteiger partial charge in [-0.3, -0.25) is 4.90 Å². The first kappa shape index (κ1) is 11.2. The van der Waals surface area contributed by atoms with Gasteiger partial charge in [-0.05, 0) is 32.7 Å². The molecule has 1 aliphatic carbocycles. The molecule has 14 heavy (non-hydrogen) atoms. The van der Waals surface area contributed by atoms with Crippen molar-refractivity contribution >= 4 is 0 Å². The van der Waals surface area contributed by atoms with Crippen LogP contribution in [0.15, 0.2) is 12.7 Å². The van der Waals surface area contributed by atoms with Crippen molar-refractivity contribution in [2.75, 3.05) is 20.4 Å². The average Bonchev–Trinajstić information content (AvgIpc) is 2.98. The lowest BCUT2D eigenvalue weighted by atomic mass is 10.3. The van der Waals surface area contributed by atoms with Gasteiger partial charge in [-0.1, -0.05) is 6.08 Å². The molecule has 0 spiro atoms. The van der Waals surface area contributed by atoms with Gasteiger partial charge in [0, 0.05) is 6.61 Å². The number of rotatable bonds is 7. The van der Waals surface area contributed by atoms with Crippen molar-refractivity contribution in [2.24, 2.45) is 0 Å². The van der Waals surface area contributed by atoms with Gasteiger partial charge in [-0.15, -0.1) is 6.58 Å². The van der Waals surface area contributed by atoms with Gasteiger partial charge in [0.1, 0.15) is 5.54 Å². The van der Waals surface area contributed by atoms with Crippen LogP contribution in [0.5, 0.6) is 0 Å². The summed E-state index contributed by atoms with van der Waals surface area (Å²) in [5, 5.41) is 8.91. The van der Waals surface area contributed by atoms with Gasteiger partial charge in [-0.2, -0.15) is 5.26 Å². The van der Waals surface area contributed by atoms with E-state index in [1.54, 1.807) is 0 Å². The summed E-state index contributed by atoms with van der Waals surface area (Å²) < 4.78 is 5.45. The number of unbranched alkanes of at least 4 members (excludes halogenated alkanes) is 1. The minimum absolute atomic E-state index is 0.210. The van der Waals surface area contributed by atoms with Crippen LogP contribution < -0.4 is 0 Å². The van der Waals surface area contributed by atoms with Crippen LogP contribution in [0.2, 0.25) is 0 Å². The molecule has 0 aromatic heterocycles. The van der Waals surface area contributed by atoms with Crippen LogP contribution in [0, 0.1) is 11.3 Å². The average molecular weight is 194 g/mol. The molecule has 0 aromatic carbocycles. The lowest BCUT2D eigenvalue weighted by Gasteiger charge is -2.21. The molecular weight excluding hydrogens is 176 g/mol. The SMILES string of the molecule is C=CCCCOCN(C)C1(C#N)CC1. The molecule has 78 valence electrons. The van der Waals surface area contributed by atoms with Crippen LogP contribution in [-0.2, 0) is 4.74 Å². The molecule has 1 fully saturated rings. The highest BCUT2D eigenvalue weighted by Gasteiger charge is 2.46. The summed E-state index contributed by atoms with van der Waals surface area (Å²) in [6.45, 7) is 4.96. The summed E-state index contributed by atoms with van der Waals surface area (Å²) in [5.41, 5.74) is -0.210. The highest BCUT2D eigenvalue weighted by atomic mass is 16.5. The summed E-state index contributed by atoms with van der Waals surface area (Å²) in [6, 6.07) is 2.33. The molecule has 1 aliphatic rings. The number of nitrogens with zero attached hydrogens (tertiary/aromatic N) is 2. The topological polar surface area (TPSA) is 36.3 Å². The fraction of sp³-hybridized carbons (Fsp3) is 0.727. The first-order chi connectivity index (χ1) is 6.75. The van der Waals surface area contributed by atoms with Crippen LogP contribution in [0.1, 0.15) is 25.7 Å². The highest BCUT2D eigenvalue weighted by molar-refractivity contribution is 5.18. The Morgan fingerprint density at radius 1 is 1.64 bits per heavy atom. The molecular formula is C11H18N2O. The second-order valence-electron chi connectivity index (χ2n) is 3.81. The Kier molecular flexibility index (Phi) is 4.12. The molecule has 1 rings (SSSR count). The maximum absolute atomic E-state index is 8.91. The van der Waals surface area contributed by atoms with Crippen LogP contribution in [0.3, 0.4) is 0 Å². The Labute approximate surface area is 86.0 Å². The van der Waals surface area contributed by atoms with Crippen molar-refractivity contribution in [3.63, 3.8) is 0 Å². The molecule has 1 saturated carbocycles. The number of allylic oxidation sites excluding steroid dienone is 1. The van der Waals surface area contributed by atoms with Crippen molar-refractivity contribution in [3.8, 4) is 6.07 Å². The Bertz CT molecular complexity index is 228. The molecule has 0 unspecified atom stereocenters. The molecule has 0 heterocycles. The largest absolute Gasteiger partial charge is 0.366 e. The molecule has 0 saturated heterocycles. The van der Waals surface area contributed by atoms with E-state index in [4.69, 9.17) is 10.00 Å². The van der Waals surface area contributed by atoms with Gasteiger partial charge < -0.3 is 4.74 Å². The van der Waals surface area contributed by atoms with Crippen molar-refractivity contribution in [3.05, 3.63) is 12.7 Å². The zero-order valence-electron chi connectivity index (χ0n) is 8.83. The number of ether oxygens (including phenoxy) is 1. The second kappa shape index (κ2) is 5.14. The molecule has 3 heteroatoms. The minimum Gasteiger partial charge on any atom is -0.366 e. The molecule has 0 atom stereocenters. The Morgan fingerprint density at radius 3 is 2.86 bits per heavy atom. The van der Waals surface area contributed by atoms with Crippen LogP contribution in [0.4, 0.5) is 0 Å². The third-order valence-corrected chi connectivity index (χ3v) is 2.64. The van der Waals surface area contributed by atoms with Gasteiger partial charge in [0.05, 0.1) is 12.8 Å². The quantitative estimate of drug-likeness (QED) is 0.353. The van der Waals surface area contributed by atoms with E-state index in [1.807, 2.05) is 18.0 Å². The van der Waals surface area contributed by atoms with Gasteiger partial charge in [0.15, 0.2) is 0 Å². The molecule has 0 bridgehead atoms. The third-order valence-electron chi connectivity index (χ3n) is 2.64. The normalized spacial score (nSPS) is 17.8. The lowest BCUT2D eigenvalue weighted by Crippen LogP contribution is -2.34. The van der Waals surface area contributed by atoms with Crippen molar-refractivity contribution in [2.45, 2.75) is 31.2 Å². The standard InChI is InChI=1S/C11H18N2O/c1-3-4-5-8-14-10-13(2)11(9-12)6-7-11/h3H,1,4-8,10H2,2H3. The molecule has 0 aliphatic heterocycles. The van der Waals surface area contributed by atoms with Crippen LogP contribution in [0.25, 0.3) is 0 Å². The molecule has 3 nitrogen and oxygen atoms in total. The van der Waals surface area contributed by atoms with E-state index in [-0.39, 0.29) is 5.54 Å². The van der Waals surface area contributed by atoms with Crippen LogP contribution >= 0.6 is 0 Å². The van der Waals surface area contributed by atoms with E-state index < -0.39 is 0 Å². The first-order valence-electron chi connectivity index (χ1n) is 5.06. The maximum Gasteiger partial charge on any atom is 0.110 e. The maximum atomic E-state index is 8.91. The van der Waals surface area contributed by atoms with E-state index in [1.165, 1.54) is 0 Å². The fourth-order valence-electron chi connectivity index (χ4n) is 1.35. The summed E-state index contributed by atoms with van der Waals surface area (Å²) >= 11 is 0. The molecule has 0 radical (unpaired) electrons. The second-order valence-corrected chi connectivity index (χ2v) is 3.81. The van der Waals surface area contributed by atoms with Gasteiger partial charge in [-0.25, -0.2) is 0 Å². The summed E-state index contributed by atoms with van der Waals surface area (Å²) in [6.07, 6.45) is 5.86. The summed E-state index contributed by atoms with van der Waals surface area (Å²) in [4.78, 5) is 2.00. The number of hydrogen-bond acceptors (Lipinski definition) is 3. The summed E-state index contributed by atoms with van der Waals surface area (Å²) in [7, 11) is 1.95. The van der Waals surface area contributed by atoms with E-state index in [9.17, 15) is 0 Å². The fourth-order valence-corrected chi connectivity index (χ4v) is 1.35. The first-order valence-corrected chi connectivity index (χ1v) is 5.06. The zero-order chi connectivity index (χ0) is 10.4. The predicted molar refractivity (Wildman–Crippen MR) is 55.6 cm³/mol. The molecule has 0 amide bonds. The molecule has 0 aromatic rings. The van der Waals surface area contributed by atoms with Crippen molar-refractivity contribution in [1.82, 2.24) is 4.90 Å². The Morgan fingerprint density at radius 2 is 2.36 bits per heavy atom. The van der Waals surface area contributed by atoms with E-state index in [0.717, 1.165) is 32.3 Å². The highest BCUT2D eigenvalue weighted by Crippen LogP contribution is 2.39.